The zero-order valence-electron chi connectivity index (χ0n) is 10.1. The summed E-state index contributed by atoms with van der Waals surface area (Å²) in [6.07, 6.45) is -2.15. The Kier molecular flexibility index (Phi) is 4.77. The highest BCUT2D eigenvalue weighted by Gasteiger charge is 2.22. The summed E-state index contributed by atoms with van der Waals surface area (Å²) in [4.78, 5) is 10.4. The number of carboxylic acids is 1. The second-order valence-corrected chi connectivity index (χ2v) is 4.16. The molecule has 0 saturated carbocycles. The molecule has 2 N–H and O–H groups in total. The topological polar surface area (TPSA) is 66.8 Å². The van der Waals surface area contributed by atoms with Gasteiger partial charge < -0.3 is 14.9 Å². The van der Waals surface area contributed by atoms with Gasteiger partial charge >= 0.3 is 5.97 Å². The van der Waals surface area contributed by atoms with Gasteiger partial charge in [-0.3, -0.25) is 4.79 Å². The predicted octanol–water partition coefficient (Wildman–Crippen LogP) is 2.37. The maximum atomic E-state index is 13.6. The molecule has 0 fully saturated rings. The van der Waals surface area contributed by atoms with E-state index in [-0.39, 0.29) is 11.3 Å². The average Bonchev–Trinajstić information content (AvgIpc) is 2.24. The number of hydrogen-bond donors (Lipinski definition) is 2. The van der Waals surface area contributed by atoms with Crippen LogP contribution < -0.4 is 4.74 Å². The summed E-state index contributed by atoms with van der Waals surface area (Å²) < 4.78 is 43.3. The van der Waals surface area contributed by atoms with E-state index >= 15 is 0 Å². The molecule has 1 atom stereocenters. The molecular formula is C12H13F3O4. The van der Waals surface area contributed by atoms with Gasteiger partial charge in [0.15, 0.2) is 6.61 Å². The van der Waals surface area contributed by atoms with Gasteiger partial charge in [-0.1, -0.05) is 0 Å². The van der Waals surface area contributed by atoms with E-state index in [4.69, 9.17) is 5.11 Å². The standard InChI is InChI=1S/C12H13F3O4/c1-12(14,15)6-19-7-2-3-8(9(13)4-7)10(16)5-11(17)18/h2-4,10,16H,5-6H2,1H3,(H,17,18). The second kappa shape index (κ2) is 5.92. The zero-order valence-corrected chi connectivity index (χ0v) is 10.1. The normalized spacial score (nSPS) is 13.1. The van der Waals surface area contributed by atoms with Crippen molar-refractivity contribution in [1.82, 2.24) is 0 Å². The van der Waals surface area contributed by atoms with Crippen LogP contribution in [0.4, 0.5) is 13.2 Å². The number of benzene rings is 1. The lowest BCUT2D eigenvalue weighted by Crippen LogP contribution is -2.21. The van der Waals surface area contributed by atoms with Crippen molar-refractivity contribution >= 4 is 5.97 Å². The molecule has 106 valence electrons. The van der Waals surface area contributed by atoms with Crippen molar-refractivity contribution in [2.24, 2.45) is 0 Å². The smallest absolute Gasteiger partial charge is 0.306 e. The van der Waals surface area contributed by atoms with Crippen molar-refractivity contribution in [3.05, 3.63) is 29.6 Å². The van der Waals surface area contributed by atoms with Crippen molar-refractivity contribution in [1.29, 1.82) is 0 Å². The summed E-state index contributed by atoms with van der Waals surface area (Å²) in [6.45, 7) is -0.238. The van der Waals surface area contributed by atoms with Crippen molar-refractivity contribution < 1.29 is 32.9 Å². The van der Waals surface area contributed by atoms with Crippen molar-refractivity contribution in [2.45, 2.75) is 25.4 Å². The lowest BCUT2D eigenvalue weighted by Gasteiger charge is -2.14. The molecule has 19 heavy (non-hydrogen) atoms. The molecule has 0 aliphatic carbocycles. The van der Waals surface area contributed by atoms with Crippen molar-refractivity contribution in [3.63, 3.8) is 0 Å². The molecule has 0 bridgehead atoms. The molecule has 0 radical (unpaired) electrons. The number of ether oxygens (including phenoxy) is 1. The van der Waals surface area contributed by atoms with Crippen LogP contribution in [0.3, 0.4) is 0 Å². The molecular weight excluding hydrogens is 265 g/mol. The van der Waals surface area contributed by atoms with Crippen LogP contribution in [0.5, 0.6) is 5.75 Å². The number of aliphatic hydroxyl groups excluding tert-OH is 1. The van der Waals surface area contributed by atoms with Crippen LogP contribution in [0, 0.1) is 5.82 Å². The highest BCUT2D eigenvalue weighted by molar-refractivity contribution is 5.67. The Hall–Kier alpha value is -1.76. The number of carboxylic acid groups (broad SMARTS) is 1. The molecule has 0 aromatic heterocycles. The van der Waals surface area contributed by atoms with E-state index in [1.165, 1.54) is 6.07 Å². The number of halogens is 3. The van der Waals surface area contributed by atoms with Crippen molar-refractivity contribution in [2.75, 3.05) is 6.61 Å². The molecule has 7 heteroatoms. The monoisotopic (exact) mass is 278 g/mol. The van der Waals surface area contributed by atoms with E-state index in [1.807, 2.05) is 0 Å². The molecule has 0 aliphatic heterocycles. The highest BCUT2D eigenvalue weighted by atomic mass is 19.3. The lowest BCUT2D eigenvalue weighted by molar-refractivity contribution is -0.139. The number of carbonyl (C=O) groups is 1. The Morgan fingerprint density at radius 2 is 2.11 bits per heavy atom. The fraction of sp³-hybridized carbons (Fsp3) is 0.417. The van der Waals surface area contributed by atoms with Gasteiger partial charge in [0, 0.05) is 18.6 Å². The zero-order chi connectivity index (χ0) is 14.6. The predicted molar refractivity (Wildman–Crippen MR) is 59.7 cm³/mol. The van der Waals surface area contributed by atoms with E-state index in [2.05, 4.69) is 4.74 Å². The van der Waals surface area contributed by atoms with Gasteiger partial charge in [0.05, 0.1) is 12.5 Å². The molecule has 0 aliphatic rings. The Labute approximate surface area is 107 Å². The van der Waals surface area contributed by atoms with E-state index in [0.717, 1.165) is 12.1 Å². The number of rotatable bonds is 6. The summed E-state index contributed by atoms with van der Waals surface area (Å²) in [5.41, 5.74) is -0.224. The molecule has 0 spiro atoms. The summed E-state index contributed by atoms with van der Waals surface area (Å²) in [6, 6.07) is 3.12. The molecule has 1 unspecified atom stereocenters. The summed E-state index contributed by atoms with van der Waals surface area (Å²) in [5.74, 6) is -5.35. The van der Waals surface area contributed by atoms with Crippen LogP contribution in [0.1, 0.15) is 25.0 Å². The summed E-state index contributed by atoms with van der Waals surface area (Å²) in [5, 5.41) is 17.9. The van der Waals surface area contributed by atoms with Gasteiger partial charge in [-0.2, -0.15) is 0 Å². The molecule has 1 rings (SSSR count). The minimum atomic E-state index is -3.04. The third kappa shape index (κ3) is 5.17. The van der Waals surface area contributed by atoms with Gasteiger partial charge in [-0.15, -0.1) is 0 Å². The summed E-state index contributed by atoms with van der Waals surface area (Å²) >= 11 is 0. The maximum Gasteiger partial charge on any atom is 0.306 e. The van der Waals surface area contributed by atoms with Gasteiger partial charge in [0.25, 0.3) is 5.92 Å². The first-order chi connectivity index (χ1) is 8.69. The third-order valence-electron chi connectivity index (χ3n) is 2.19. The second-order valence-electron chi connectivity index (χ2n) is 4.16. The van der Waals surface area contributed by atoms with E-state index in [1.54, 1.807) is 0 Å². The van der Waals surface area contributed by atoms with E-state index in [0.29, 0.717) is 6.92 Å². The fourth-order valence-electron chi connectivity index (χ4n) is 1.35. The Morgan fingerprint density at radius 3 is 2.58 bits per heavy atom. The largest absolute Gasteiger partial charge is 0.487 e. The highest BCUT2D eigenvalue weighted by Crippen LogP contribution is 2.25. The maximum absolute atomic E-state index is 13.6. The van der Waals surface area contributed by atoms with Crippen LogP contribution in [0.25, 0.3) is 0 Å². The van der Waals surface area contributed by atoms with Gasteiger partial charge in [-0.25, -0.2) is 13.2 Å². The molecule has 0 amide bonds. The molecule has 4 nitrogen and oxygen atoms in total. The Morgan fingerprint density at radius 1 is 1.47 bits per heavy atom. The Bertz CT molecular complexity index is 457. The molecule has 0 saturated heterocycles. The number of hydrogen-bond acceptors (Lipinski definition) is 3. The van der Waals surface area contributed by atoms with Gasteiger partial charge in [0.1, 0.15) is 11.6 Å². The Balaban J connectivity index is 2.77. The molecule has 1 aromatic rings. The van der Waals surface area contributed by atoms with Crippen LogP contribution in [0.15, 0.2) is 18.2 Å². The number of alkyl halides is 2. The van der Waals surface area contributed by atoms with Crippen LogP contribution in [-0.4, -0.2) is 28.7 Å². The van der Waals surface area contributed by atoms with Gasteiger partial charge in [0.2, 0.25) is 0 Å². The summed E-state index contributed by atoms with van der Waals surface area (Å²) in [7, 11) is 0. The van der Waals surface area contributed by atoms with Crippen molar-refractivity contribution in [3.8, 4) is 5.75 Å². The minimum absolute atomic E-state index is 0.120. The quantitative estimate of drug-likeness (QED) is 0.838. The van der Waals surface area contributed by atoms with Crippen LogP contribution in [-0.2, 0) is 4.79 Å². The number of aliphatic hydroxyl groups is 1. The third-order valence-corrected chi connectivity index (χ3v) is 2.19. The van der Waals surface area contributed by atoms with E-state index in [9.17, 15) is 23.1 Å². The van der Waals surface area contributed by atoms with Crippen LogP contribution >= 0.6 is 0 Å². The fourth-order valence-corrected chi connectivity index (χ4v) is 1.35. The lowest BCUT2D eigenvalue weighted by atomic mass is 10.1. The van der Waals surface area contributed by atoms with Crippen LogP contribution in [0.2, 0.25) is 0 Å². The first-order valence-electron chi connectivity index (χ1n) is 5.39. The number of aliphatic carboxylic acids is 1. The first kappa shape index (κ1) is 15.3. The first-order valence-corrected chi connectivity index (χ1v) is 5.39. The molecule has 1 aromatic carbocycles. The minimum Gasteiger partial charge on any atom is -0.487 e. The molecule has 0 heterocycles. The van der Waals surface area contributed by atoms with E-state index < -0.39 is 36.8 Å². The SMILES string of the molecule is CC(F)(F)COc1ccc(C(O)CC(=O)O)c(F)c1. The van der Waals surface area contributed by atoms with Gasteiger partial charge in [-0.05, 0) is 12.1 Å². The average molecular weight is 278 g/mol.